The van der Waals surface area contributed by atoms with E-state index >= 15 is 0 Å². The summed E-state index contributed by atoms with van der Waals surface area (Å²) < 4.78 is 0. The van der Waals surface area contributed by atoms with Crippen molar-refractivity contribution in [2.45, 2.75) is 52.5 Å². The number of hydrogen-bond donors (Lipinski definition) is 0. The minimum Gasteiger partial charge on any atom is -0.294 e. The van der Waals surface area contributed by atoms with Gasteiger partial charge in [-0.25, -0.2) is 0 Å². The fourth-order valence-electron chi connectivity index (χ4n) is 3.10. The van der Waals surface area contributed by atoms with Crippen LogP contribution in [-0.4, -0.2) is 28.7 Å². The van der Waals surface area contributed by atoms with Gasteiger partial charge in [-0.3, -0.25) is 14.7 Å². The zero-order chi connectivity index (χ0) is 11.3. The number of hydrogen-bond acceptors (Lipinski definition) is 2. The van der Waals surface area contributed by atoms with E-state index in [2.05, 4.69) is 32.7 Å². The van der Waals surface area contributed by atoms with Crippen LogP contribution in [-0.2, 0) is 4.79 Å². The molecule has 2 rings (SSSR count). The smallest absolute Gasteiger partial charge is 0.228 e. The fraction of sp³-hybridized carbons (Fsp3) is 0.833. The first kappa shape index (κ1) is 10.7. The summed E-state index contributed by atoms with van der Waals surface area (Å²) in [6.07, 6.45) is 2.54. The molecule has 0 atom stereocenters. The Morgan fingerprint density at radius 3 is 2.60 bits per heavy atom. The number of fused-ring (bicyclic) bond motifs is 1. The lowest BCUT2D eigenvalue weighted by atomic mass is 9.85. The van der Waals surface area contributed by atoms with Gasteiger partial charge in [0.05, 0.1) is 0 Å². The third-order valence-corrected chi connectivity index (χ3v) is 3.36. The van der Waals surface area contributed by atoms with E-state index in [4.69, 9.17) is 0 Å². The number of amides is 1. The number of aliphatic imine (C=N–C) groups is 1. The van der Waals surface area contributed by atoms with Crippen molar-refractivity contribution >= 4 is 11.7 Å². The number of nitrogens with zero attached hydrogens (tertiary/aromatic N) is 2. The van der Waals surface area contributed by atoms with Crippen molar-refractivity contribution in [2.75, 3.05) is 6.54 Å². The summed E-state index contributed by atoms with van der Waals surface area (Å²) in [5.74, 6) is 1.26. The van der Waals surface area contributed by atoms with Crippen LogP contribution in [0.3, 0.4) is 0 Å². The number of carbonyl (C=O) groups is 1. The minimum atomic E-state index is -0.0657. The molecule has 0 spiro atoms. The van der Waals surface area contributed by atoms with Crippen molar-refractivity contribution in [3.05, 3.63) is 0 Å². The van der Waals surface area contributed by atoms with E-state index in [1.165, 1.54) is 0 Å². The van der Waals surface area contributed by atoms with Crippen LogP contribution in [0.15, 0.2) is 4.99 Å². The molecule has 0 saturated carbocycles. The van der Waals surface area contributed by atoms with Crippen LogP contribution in [0.2, 0.25) is 0 Å². The van der Waals surface area contributed by atoms with Gasteiger partial charge in [-0.1, -0.05) is 13.8 Å². The van der Waals surface area contributed by atoms with Gasteiger partial charge in [-0.05, 0) is 26.7 Å². The zero-order valence-corrected chi connectivity index (χ0v) is 10.1. The summed E-state index contributed by atoms with van der Waals surface area (Å²) in [7, 11) is 0. The molecular formula is C12H20N2O. The van der Waals surface area contributed by atoms with E-state index in [9.17, 15) is 4.79 Å². The largest absolute Gasteiger partial charge is 0.294 e. The third-order valence-electron chi connectivity index (χ3n) is 3.36. The molecule has 84 valence electrons. The lowest BCUT2D eigenvalue weighted by molar-refractivity contribution is -0.130. The van der Waals surface area contributed by atoms with Crippen molar-refractivity contribution in [3.8, 4) is 0 Å². The second-order valence-electron chi connectivity index (χ2n) is 5.91. The summed E-state index contributed by atoms with van der Waals surface area (Å²) in [4.78, 5) is 18.6. The molecule has 2 aliphatic rings. The molecule has 15 heavy (non-hydrogen) atoms. The van der Waals surface area contributed by atoms with Gasteiger partial charge in [0.15, 0.2) is 0 Å². The van der Waals surface area contributed by atoms with E-state index in [1.807, 2.05) is 4.90 Å². The number of amidine groups is 1. The first-order chi connectivity index (χ1) is 6.84. The molecule has 0 aromatic carbocycles. The van der Waals surface area contributed by atoms with Crippen LogP contribution in [0.1, 0.15) is 47.0 Å². The lowest BCUT2D eigenvalue weighted by Crippen LogP contribution is -2.45. The first-order valence-electron chi connectivity index (χ1n) is 5.73. The van der Waals surface area contributed by atoms with E-state index in [0.717, 1.165) is 25.2 Å². The SMILES string of the molecule is CC1(C)CC(C)(C)N2C(=O)CCCN=C21. The number of rotatable bonds is 0. The minimum absolute atomic E-state index is 0.0451. The van der Waals surface area contributed by atoms with Gasteiger partial charge in [-0.2, -0.15) is 0 Å². The highest BCUT2D eigenvalue weighted by molar-refractivity contribution is 6.04. The predicted molar refractivity (Wildman–Crippen MR) is 60.9 cm³/mol. The van der Waals surface area contributed by atoms with Gasteiger partial charge < -0.3 is 0 Å². The van der Waals surface area contributed by atoms with Crippen LogP contribution in [0.25, 0.3) is 0 Å². The second-order valence-corrected chi connectivity index (χ2v) is 5.91. The van der Waals surface area contributed by atoms with E-state index < -0.39 is 0 Å². The average Bonchev–Trinajstić information content (AvgIpc) is 2.20. The van der Waals surface area contributed by atoms with Crippen molar-refractivity contribution in [2.24, 2.45) is 10.4 Å². The van der Waals surface area contributed by atoms with Gasteiger partial charge >= 0.3 is 0 Å². The molecule has 0 bridgehead atoms. The molecule has 2 aliphatic heterocycles. The number of carbonyl (C=O) groups excluding carboxylic acids is 1. The molecule has 3 nitrogen and oxygen atoms in total. The van der Waals surface area contributed by atoms with E-state index in [-0.39, 0.29) is 16.9 Å². The van der Waals surface area contributed by atoms with Gasteiger partial charge in [0, 0.05) is 23.9 Å². The van der Waals surface area contributed by atoms with Gasteiger partial charge in [-0.15, -0.1) is 0 Å². The van der Waals surface area contributed by atoms with Crippen LogP contribution in [0.4, 0.5) is 0 Å². The van der Waals surface area contributed by atoms with Crippen LogP contribution in [0.5, 0.6) is 0 Å². The first-order valence-corrected chi connectivity index (χ1v) is 5.73. The normalized spacial score (nSPS) is 28.4. The molecule has 1 amide bonds. The molecule has 0 N–H and O–H groups in total. The maximum atomic E-state index is 12.0. The molecular weight excluding hydrogens is 188 g/mol. The Morgan fingerprint density at radius 2 is 1.93 bits per heavy atom. The Balaban J connectivity index is 2.47. The van der Waals surface area contributed by atoms with Gasteiger partial charge in [0.1, 0.15) is 5.84 Å². The predicted octanol–water partition coefficient (Wildman–Crippen LogP) is 2.22. The monoisotopic (exact) mass is 208 g/mol. The van der Waals surface area contributed by atoms with Crippen LogP contribution >= 0.6 is 0 Å². The highest BCUT2D eigenvalue weighted by atomic mass is 16.2. The Morgan fingerprint density at radius 1 is 1.27 bits per heavy atom. The summed E-state index contributed by atoms with van der Waals surface area (Å²) in [6.45, 7) is 9.45. The quantitative estimate of drug-likeness (QED) is 0.600. The molecule has 1 saturated heterocycles. The maximum Gasteiger partial charge on any atom is 0.228 e. The average molecular weight is 208 g/mol. The molecule has 2 heterocycles. The molecule has 0 aromatic rings. The Hall–Kier alpha value is -0.860. The zero-order valence-electron chi connectivity index (χ0n) is 10.1. The van der Waals surface area contributed by atoms with Crippen molar-refractivity contribution in [3.63, 3.8) is 0 Å². The summed E-state index contributed by atoms with van der Waals surface area (Å²) >= 11 is 0. The summed E-state index contributed by atoms with van der Waals surface area (Å²) in [5, 5.41) is 0. The molecule has 0 radical (unpaired) electrons. The molecule has 1 fully saturated rings. The molecule has 3 heteroatoms. The molecule has 0 unspecified atom stereocenters. The molecule has 0 aromatic heterocycles. The van der Waals surface area contributed by atoms with Crippen molar-refractivity contribution in [1.29, 1.82) is 0 Å². The highest BCUT2D eigenvalue weighted by Gasteiger charge is 2.50. The van der Waals surface area contributed by atoms with Crippen molar-refractivity contribution in [1.82, 2.24) is 4.90 Å². The van der Waals surface area contributed by atoms with E-state index in [0.29, 0.717) is 6.42 Å². The Kier molecular flexibility index (Phi) is 2.18. The standard InChI is InChI=1S/C12H20N2O/c1-11(2)8-12(3,4)14-9(15)6-5-7-13-10(11)14/h5-8H2,1-4H3. The van der Waals surface area contributed by atoms with Crippen LogP contribution in [0, 0.1) is 5.41 Å². The molecule has 0 aliphatic carbocycles. The Bertz CT molecular complexity index is 329. The van der Waals surface area contributed by atoms with Gasteiger partial charge in [0.25, 0.3) is 0 Å². The van der Waals surface area contributed by atoms with Gasteiger partial charge in [0.2, 0.25) is 5.91 Å². The Labute approximate surface area is 91.6 Å². The highest BCUT2D eigenvalue weighted by Crippen LogP contribution is 2.43. The fourth-order valence-corrected chi connectivity index (χ4v) is 3.10. The van der Waals surface area contributed by atoms with Crippen molar-refractivity contribution < 1.29 is 4.79 Å². The maximum absolute atomic E-state index is 12.0. The summed E-state index contributed by atoms with van der Waals surface area (Å²) in [6, 6.07) is 0. The van der Waals surface area contributed by atoms with Crippen LogP contribution < -0.4 is 0 Å². The second kappa shape index (κ2) is 3.06. The third kappa shape index (κ3) is 1.58. The topological polar surface area (TPSA) is 32.7 Å². The van der Waals surface area contributed by atoms with E-state index in [1.54, 1.807) is 0 Å². The lowest BCUT2D eigenvalue weighted by Gasteiger charge is -2.30. The summed E-state index contributed by atoms with van der Waals surface area (Å²) in [5.41, 5.74) is -0.0206.